The van der Waals surface area contributed by atoms with Gasteiger partial charge in [-0.05, 0) is 40.0 Å². The first-order valence-electron chi connectivity index (χ1n) is 5.92. The molecule has 1 unspecified atom stereocenters. The highest BCUT2D eigenvalue weighted by atomic mass is 79.9. The minimum atomic E-state index is -0.582. The van der Waals surface area contributed by atoms with Gasteiger partial charge in [-0.3, -0.25) is 4.79 Å². The number of aliphatic hydroxyl groups is 1. The summed E-state index contributed by atoms with van der Waals surface area (Å²) in [4.78, 5) is 11.5. The van der Waals surface area contributed by atoms with Crippen molar-refractivity contribution < 1.29 is 19.0 Å². The number of halogens is 2. The highest BCUT2D eigenvalue weighted by Gasteiger charge is 2.11. The van der Waals surface area contributed by atoms with Gasteiger partial charge in [-0.25, -0.2) is 4.39 Å². The summed E-state index contributed by atoms with van der Waals surface area (Å²) in [7, 11) is 0. The van der Waals surface area contributed by atoms with Crippen LogP contribution < -0.4 is 10.1 Å². The molecule has 0 spiro atoms. The van der Waals surface area contributed by atoms with Crippen LogP contribution in [0.1, 0.15) is 13.8 Å². The van der Waals surface area contributed by atoms with E-state index in [9.17, 15) is 14.3 Å². The Kier molecular flexibility index (Phi) is 6.24. The highest BCUT2D eigenvalue weighted by molar-refractivity contribution is 9.10. The topological polar surface area (TPSA) is 58.6 Å². The number of carbonyl (C=O) groups is 1. The van der Waals surface area contributed by atoms with Gasteiger partial charge >= 0.3 is 0 Å². The molecule has 0 saturated heterocycles. The summed E-state index contributed by atoms with van der Waals surface area (Å²) in [6, 6.07) is 3.95. The smallest absolute Gasteiger partial charge is 0.258 e. The second-order valence-corrected chi connectivity index (χ2v) is 5.33. The number of amides is 1. The number of hydrogen-bond acceptors (Lipinski definition) is 3. The second kappa shape index (κ2) is 7.45. The third-order valence-corrected chi connectivity index (χ3v) is 3.15. The Hall–Kier alpha value is -1.14. The molecule has 0 saturated carbocycles. The normalized spacial score (nSPS) is 12.3. The lowest BCUT2D eigenvalue weighted by Gasteiger charge is -2.15. The SMILES string of the molecule is CC(C)C(O)CNC(=O)COc1ccc(F)cc1Br. The van der Waals surface area contributed by atoms with Crippen molar-refractivity contribution in [3.8, 4) is 5.75 Å². The molecule has 0 aliphatic rings. The number of hydrogen-bond donors (Lipinski definition) is 2. The molecule has 0 aliphatic heterocycles. The lowest BCUT2D eigenvalue weighted by Crippen LogP contribution is -2.37. The molecule has 0 fully saturated rings. The van der Waals surface area contributed by atoms with Crippen LogP contribution >= 0.6 is 15.9 Å². The Morgan fingerprint density at radius 2 is 2.21 bits per heavy atom. The molecule has 1 amide bonds. The molecule has 0 radical (unpaired) electrons. The largest absolute Gasteiger partial charge is 0.483 e. The van der Waals surface area contributed by atoms with Crippen LogP contribution in [0.4, 0.5) is 4.39 Å². The van der Waals surface area contributed by atoms with E-state index in [1.54, 1.807) is 0 Å². The molecule has 1 aromatic rings. The molecule has 4 nitrogen and oxygen atoms in total. The van der Waals surface area contributed by atoms with Gasteiger partial charge < -0.3 is 15.2 Å². The minimum absolute atomic E-state index is 0.0764. The quantitative estimate of drug-likeness (QED) is 0.838. The van der Waals surface area contributed by atoms with Crippen LogP contribution in [0.3, 0.4) is 0 Å². The standard InChI is InChI=1S/C13H17BrFNO3/c1-8(2)11(17)6-16-13(18)7-19-12-4-3-9(15)5-10(12)14/h3-5,8,11,17H,6-7H2,1-2H3,(H,16,18). The Bertz CT molecular complexity index is 440. The van der Waals surface area contributed by atoms with Crippen LogP contribution in [0.5, 0.6) is 5.75 Å². The molecule has 1 atom stereocenters. The highest BCUT2D eigenvalue weighted by Crippen LogP contribution is 2.25. The van der Waals surface area contributed by atoms with Gasteiger partial charge in [0.2, 0.25) is 0 Å². The predicted molar refractivity (Wildman–Crippen MR) is 73.4 cm³/mol. The number of rotatable bonds is 6. The fourth-order valence-electron chi connectivity index (χ4n) is 1.24. The summed E-state index contributed by atoms with van der Waals surface area (Å²) < 4.78 is 18.5. The van der Waals surface area contributed by atoms with E-state index >= 15 is 0 Å². The van der Waals surface area contributed by atoms with Crippen molar-refractivity contribution >= 4 is 21.8 Å². The van der Waals surface area contributed by atoms with E-state index in [1.165, 1.54) is 18.2 Å². The van der Waals surface area contributed by atoms with Crippen LogP contribution in [0.25, 0.3) is 0 Å². The average molecular weight is 334 g/mol. The zero-order chi connectivity index (χ0) is 14.4. The van der Waals surface area contributed by atoms with Gasteiger partial charge in [0, 0.05) is 6.54 Å². The van der Waals surface area contributed by atoms with Crippen molar-refractivity contribution in [1.29, 1.82) is 0 Å². The summed E-state index contributed by atoms with van der Waals surface area (Å²) in [5.74, 6) is -0.256. The number of ether oxygens (including phenoxy) is 1. The minimum Gasteiger partial charge on any atom is -0.483 e. The van der Waals surface area contributed by atoms with Gasteiger partial charge in [0.25, 0.3) is 5.91 Å². The van der Waals surface area contributed by atoms with Crippen molar-refractivity contribution in [3.05, 3.63) is 28.5 Å². The van der Waals surface area contributed by atoms with E-state index < -0.39 is 6.10 Å². The molecule has 0 heterocycles. The van der Waals surface area contributed by atoms with Gasteiger partial charge in [0.15, 0.2) is 6.61 Å². The van der Waals surface area contributed by atoms with Crippen LogP contribution in [0, 0.1) is 11.7 Å². The van der Waals surface area contributed by atoms with E-state index in [0.29, 0.717) is 10.2 Å². The van der Waals surface area contributed by atoms with Gasteiger partial charge in [-0.1, -0.05) is 13.8 Å². The van der Waals surface area contributed by atoms with Gasteiger partial charge in [0.05, 0.1) is 10.6 Å². The van der Waals surface area contributed by atoms with Crippen LogP contribution in [0.2, 0.25) is 0 Å². The zero-order valence-corrected chi connectivity index (χ0v) is 12.4. The molecular weight excluding hydrogens is 317 g/mol. The van der Waals surface area contributed by atoms with Gasteiger partial charge in [-0.2, -0.15) is 0 Å². The maximum absolute atomic E-state index is 12.8. The summed E-state index contributed by atoms with van der Waals surface area (Å²) in [5.41, 5.74) is 0. The van der Waals surface area contributed by atoms with E-state index in [-0.39, 0.29) is 30.8 Å². The maximum atomic E-state index is 12.8. The van der Waals surface area contributed by atoms with Crippen molar-refractivity contribution in [2.45, 2.75) is 20.0 Å². The van der Waals surface area contributed by atoms with Gasteiger partial charge in [-0.15, -0.1) is 0 Å². The van der Waals surface area contributed by atoms with Crippen molar-refractivity contribution in [1.82, 2.24) is 5.32 Å². The molecule has 0 aliphatic carbocycles. The fraction of sp³-hybridized carbons (Fsp3) is 0.462. The van der Waals surface area contributed by atoms with Crippen molar-refractivity contribution in [2.75, 3.05) is 13.2 Å². The second-order valence-electron chi connectivity index (χ2n) is 4.48. The first-order chi connectivity index (χ1) is 8.90. The summed E-state index contributed by atoms with van der Waals surface area (Å²) in [6.07, 6.45) is -0.582. The summed E-state index contributed by atoms with van der Waals surface area (Å²) in [6.45, 7) is 3.73. The Morgan fingerprint density at radius 3 is 2.79 bits per heavy atom. The number of carbonyl (C=O) groups excluding carboxylic acids is 1. The lowest BCUT2D eigenvalue weighted by molar-refractivity contribution is -0.123. The number of nitrogens with one attached hydrogen (secondary N) is 1. The third-order valence-electron chi connectivity index (χ3n) is 2.53. The van der Waals surface area contributed by atoms with Crippen LogP contribution in [0.15, 0.2) is 22.7 Å². The summed E-state index contributed by atoms with van der Waals surface area (Å²) in [5, 5.41) is 12.1. The lowest BCUT2D eigenvalue weighted by atomic mass is 10.1. The molecular formula is C13H17BrFNO3. The van der Waals surface area contributed by atoms with E-state index in [0.717, 1.165) is 0 Å². The van der Waals surface area contributed by atoms with E-state index in [4.69, 9.17) is 4.74 Å². The molecule has 106 valence electrons. The fourth-order valence-corrected chi connectivity index (χ4v) is 1.71. The number of benzene rings is 1. The Balaban J connectivity index is 2.38. The van der Waals surface area contributed by atoms with Crippen molar-refractivity contribution in [2.24, 2.45) is 5.92 Å². The predicted octanol–water partition coefficient (Wildman–Crippen LogP) is 2.10. The van der Waals surface area contributed by atoms with E-state index in [2.05, 4.69) is 21.2 Å². The molecule has 0 bridgehead atoms. The van der Waals surface area contributed by atoms with Crippen LogP contribution in [-0.2, 0) is 4.79 Å². The monoisotopic (exact) mass is 333 g/mol. The van der Waals surface area contributed by atoms with Crippen molar-refractivity contribution in [3.63, 3.8) is 0 Å². The average Bonchev–Trinajstić information content (AvgIpc) is 2.34. The maximum Gasteiger partial charge on any atom is 0.258 e. The molecule has 2 N–H and O–H groups in total. The number of aliphatic hydroxyl groups excluding tert-OH is 1. The van der Waals surface area contributed by atoms with Gasteiger partial charge in [0.1, 0.15) is 11.6 Å². The molecule has 19 heavy (non-hydrogen) atoms. The molecule has 6 heteroatoms. The molecule has 1 aromatic carbocycles. The first-order valence-corrected chi connectivity index (χ1v) is 6.72. The molecule has 1 rings (SSSR count). The third kappa shape index (κ3) is 5.57. The molecule has 0 aromatic heterocycles. The van der Waals surface area contributed by atoms with Crippen LogP contribution in [-0.4, -0.2) is 30.3 Å². The Labute approximate surface area is 120 Å². The first kappa shape index (κ1) is 15.9. The summed E-state index contributed by atoms with van der Waals surface area (Å²) >= 11 is 3.14. The Morgan fingerprint density at radius 1 is 1.53 bits per heavy atom. The zero-order valence-electron chi connectivity index (χ0n) is 10.8. The van der Waals surface area contributed by atoms with E-state index in [1.807, 2.05) is 13.8 Å².